The standard InChI is InChI=1S/C17H25N3O3/c1-12(21)19-15-11-13(7-8-16(15)23-2)9-10-18-17(22)20-14-5-3-4-6-14/h7-8,11,14H,3-6,9-10H2,1-2H3,(H,19,21)(H2,18,20,22). The fraction of sp³-hybridized carbons (Fsp3) is 0.529. The van der Waals surface area contributed by atoms with Crippen molar-refractivity contribution in [3.8, 4) is 5.75 Å². The lowest BCUT2D eigenvalue weighted by atomic mass is 10.1. The molecule has 0 aliphatic heterocycles. The van der Waals surface area contributed by atoms with E-state index in [-0.39, 0.29) is 11.9 Å². The molecule has 0 spiro atoms. The second-order valence-electron chi connectivity index (χ2n) is 5.85. The number of carbonyl (C=O) groups is 2. The van der Waals surface area contributed by atoms with Crippen molar-refractivity contribution in [2.75, 3.05) is 19.0 Å². The van der Waals surface area contributed by atoms with E-state index in [2.05, 4.69) is 16.0 Å². The first-order valence-corrected chi connectivity index (χ1v) is 8.07. The van der Waals surface area contributed by atoms with Crippen molar-refractivity contribution in [1.29, 1.82) is 0 Å². The van der Waals surface area contributed by atoms with Crippen molar-refractivity contribution in [3.05, 3.63) is 23.8 Å². The number of carbonyl (C=O) groups excluding carboxylic acids is 2. The molecule has 1 aromatic rings. The Kier molecular flexibility index (Phi) is 6.26. The molecule has 1 aromatic carbocycles. The fourth-order valence-corrected chi connectivity index (χ4v) is 2.82. The van der Waals surface area contributed by atoms with Crippen LogP contribution in [0, 0.1) is 0 Å². The predicted molar refractivity (Wildman–Crippen MR) is 89.8 cm³/mol. The predicted octanol–water partition coefficient (Wildman–Crippen LogP) is 2.44. The van der Waals surface area contributed by atoms with Crippen molar-refractivity contribution in [2.45, 2.75) is 45.1 Å². The van der Waals surface area contributed by atoms with Gasteiger partial charge in [-0.05, 0) is 37.0 Å². The molecule has 0 atom stereocenters. The van der Waals surface area contributed by atoms with E-state index in [4.69, 9.17) is 4.74 Å². The number of rotatable bonds is 6. The van der Waals surface area contributed by atoms with Crippen LogP contribution in [-0.4, -0.2) is 31.6 Å². The van der Waals surface area contributed by atoms with Crippen LogP contribution in [0.5, 0.6) is 5.75 Å². The lowest BCUT2D eigenvalue weighted by Gasteiger charge is -2.14. The van der Waals surface area contributed by atoms with Crippen molar-refractivity contribution in [3.63, 3.8) is 0 Å². The van der Waals surface area contributed by atoms with Gasteiger partial charge in [0.15, 0.2) is 0 Å². The minimum Gasteiger partial charge on any atom is -0.495 e. The van der Waals surface area contributed by atoms with Gasteiger partial charge in [0.25, 0.3) is 0 Å². The molecule has 3 amide bonds. The van der Waals surface area contributed by atoms with Gasteiger partial charge in [0, 0.05) is 19.5 Å². The SMILES string of the molecule is COc1ccc(CCNC(=O)NC2CCCC2)cc1NC(C)=O. The van der Waals surface area contributed by atoms with Gasteiger partial charge in [0.1, 0.15) is 5.75 Å². The number of hydrogen-bond acceptors (Lipinski definition) is 3. The van der Waals surface area contributed by atoms with Gasteiger partial charge in [0.2, 0.25) is 5.91 Å². The quantitative estimate of drug-likeness (QED) is 0.753. The molecule has 1 saturated carbocycles. The highest BCUT2D eigenvalue weighted by Gasteiger charge is 2.16. The van der Waals surface area contributed by atoms with Crippen LogP contribution < -0.4 is 20.7 Å². The summed E-state index contributed by atoms with van der Waals surface area (Å²) in [6.07, 6.45) is 5.23. The summed E-state index contributed by atoms with van der Waals surface area (Å²) in [5, 5.41) is 8.62. The van der Waals surface area contributed by atoms with Crippen LogP contribution in [0.4, 0.5) is 10.5 Å². The fourth-order valence-electron chi connectivity index (χ4n) is 2.82. The number of ether oxygens (including phenoxy) is 1. The highest BCUT2D eigenvalue weighted by Crippen LogP contribution is 2.25. The normalized spacial score (nSPS) is 14.3. The van der Waals surface area contributed by atoms with E-state index in [1.165, 1.54) is 19.8 Å². The van der Waals surface area contributed by atoms with E-state index < -0.39 is 0 Å². The highest BCUT2D eigenvalue weighted by molar-refractivity contribution is 5.90. The molecule has 0 heterocycles. The van der Waals surface area contributed by atoms with E-state index >= 15 is 0 Å². The monoisotopic (exact) mass is 319 g/mol. The molecule has 6 heteroatoms. The molecule has 6 nitrogen and oxygen atoms in total. The zero-order valence-corrected chi connectivity index (χ0v) is 13.8. The second kappa shape index (κ2) is 8.41. The number of methoxy groups -OCH3 is 1. The third kappa shape index (κ3) is 5.47. The molecule has 126 valence electrons. The van der Waals surface area contributed by atoms with E-state index in [0.717, 1.165) is 18.4 Å². The maximum atomic E-state index is 11.8. The van der Waals surface area contributed by atoms with Crippen LogP contribution in [0.15, 0.2) is 18.2 Å². The van der Waals surface area contributed by atoms with E-state index in [1.54, 1.807) is 7.11 Å². The van der Waals surface area contributed by atoms with Gasteiger partial charge in [-0.3, -0.25) is 4.79 Å². The first-order chi connectivity index (χ1) is 11.1. The zero-order chi connectivity index (χ0) is 16.7. The molecule has 1 aliphatic carbocycles. The first kappa shape index (κ1) is 17.1. The Balaban J connectivity index is 1.82. The molecule has 0 bridgehead atoms. The van der Waals surface area contributed by atoms with Gasteiger partial charge < -0.3 is 20.7 Å². The third-order valence-electron chi connectivity index (χ3n) is 3.96. The molecule has 3 N–H and O–H groups in total. The Labute approximate surface area is 137 Å². The Bertz CT molecular complexity index is 554. The Morgan fingerprint density at radius 3 is 2.65 bits per heavy atom. The Morgan fingerprint density at radius 1 is 1.26 bits per heavy atom. The van der Waals surface area contributed by atoms with Crippen LogP contribution in [0.1, 0.15) is 38.2 Å². The first-order valence-electron chi connectivity index (χ1n) is 8.07. The third-order valence-corrected chi connectivity index (χ3v) is 3.96. The van der Waals surface area contributed by atoms with Crippen molar-refractivity contribution in [1.82, 2.24) is 10.6 Å². The molecule has 23 heavy (non-hydrogen) atoms. The summed E-state index contributed by atoms with van der Waals surface area (Å²) in [4.78, 5) is 23.0. The van der Waals surface area contributed by atoms with Gasteiger partial charge >= 0.3 is 6.03 Å². The summed E-state index contributed by atoms with van der Waals surface area (Å²) in [5.41, 5.74) is 1.67. The maximum Gasteiger partial charge on any atom is 0.315 e. The molecule has 0 radical (unpaired) electrons. The van der Waals surface area contributed by atoms with Crippen molar-refractivity contribution < 1.29 is 14.3 Å². The summed E-state index contributed by atoms with van der Waals surface area (Å²) in [5.74, 6) is 0.477. The summed E-state index contributed by atoms with van der Waals surface area (Å²) < 4.78 is 5.22. The van der Waals surface area contributed by atoms with Crippen molar-refractivity contribution >= 4 is 17.6 Å². The number of amides is 3. The van der Waals surface area contributed by atoms with Gasteiger partial charge in [-0.25, -0.2) is 4.79 Å². The van der Waals surface area contributed by atoms with Gasteiger partial charge in [0.05, 0.1) is 12.8 Å². The molecule has 0 aromatic heterocycles. The van der Waals surface area contributed by atoms with Crippen LogP contribution in [0.3, 0.4) is 0 Å². The van der Waals surface area contributed by atoms with Crippen molar-refractivity contribution in [2.24, 2.45) is 0 Å². The lowest BCUT2D eigenvalue weighted by Crippen LogP contribution is -2.41. The van der Waals surface area contributed by atoms with Crippen LogP contribution in [0.2, 0.25) is 0 Å². The number of nitrogens with one attached hydrogen (secondary N) is 3. The number of urea groups is 1. The van der Waals surface area contributed by atoms with Gasteiger partial charge in [-0.1, -0.05) is 18.9 Å². The summed E-state index contributed by atoms with van der Waals surface area (Å²) in [7, 11) is 1.56. The molecule has 1 fully saturated rings. The molecular weight excluding hydrogens is 294 g/mol. The minimum atomic E-state index is -0.144. The largest absolute Gasteiger partial charge is 0.495 e. The van der Waals surface area contributed by atoms with E-state index in [0.29, 0.717) is 30.4 Å². The van der Waals surface area contributed by atoms with E-state index in [1.807, 2.05) is 18.2 Å². The Hall–Kier alpha value is -2.24. The molecule has 0 unspecified atom stereocenters. The van der Waals surface area contributed by atoms with Gasteiger partial charge in [-0.15, -0.1) is 0 Å². The lowest BCUT2D eigenvalue weighted by molar-refractivity contribution is -0.114. The summed E-state index contributed by atoms with van der Waals surface area (Å²) in [6.45, 7) is 2.01. The highest BCUT2D eigenvalue weighted by atomic mass is 16.5. The number of anilines is 1. The van der Waals surface area contributed by atoms with Crippen LogP contribution in [0.25, 0.3) is 0 Å². The maximum absolute atomic E-state index is 11.8. The average molecular weight is 319 g/mol. The number of benzene rings is 1. The molecule has 0 saturated heterocycles. The Morgan fingerprint density at radius 2 is 2.00 bits per heavy atom. The average Bonchev–Trinajstić information content (AvgIpc) is 3.00. The molecule has 1 aliphatic rings. The minimum absolute atomic E-state index is 0.104. The second-order valence-corrected chi connectivity index (χ2v) is 5.85. The summed E-state index contributed by atoms with van der Waals surface area (Å²) in [6, 6.07) is 5.84. The topological polar surface area (TPSA) is 79.5 Å². The summed E-state index contributed by atoms with van der Waals surface area (Å²) >= 11 is 0. The van der Waals surface area contributed by atoms with E-state index in [9.17, 15) is 9.59 Å². The molecular formula is C17H25N3O3. The van der Waals surface area contributed by atoms with Crippen LogP contribution in [-0.2, 0) is 11.2 Å². The van der Waals surface area contributed by atoms with Gasteiger partial charge in [-0.2, -0.15) is 0 Å². The molecule has 2 rings (SSSR count). The van der Waals surface area contributed by atoms with Crippen LogP contribution >= 0.6 is 0 Å². The number of hydrogen-bond donors (Lipinski definition) is 3. The zero-order valence-electron chi connectivity index (χ0n) is 13.8. The smallest absolute Gasteiger partial charge is 0.315 e.